The van der Waals surface area contributed by atoms with Gasteiger partial charge in [0.2, 0.25) is 0 Å². The van der Waals surface area contributed by atoms with Crippen LogP contribution >= 0.6 is 0 Å². The molecule has 0 fully saturated rings. The summed E-state index contributed by atoms with van der Waals surface area (Å²) in [6.07, 6.45) is 39.3. The topological polar surface area (TPSA) is 0 Å². The Balaban J connectivity index is 1.60. The highest BCUT2D eigenvalue weighted by Gasteiger charge is 2.43. The van der Waals surface area contributed by atoms with Crippen molar-refractivity contribution in [2.75, 3.05) is 0 Å². The Labute approximate surface area is 158 Å². The second-order valence-corrected chi connectivity index (χ2v) is 8.69. The van der Waals surface area contributed by atoms with Crippen molar-refractivity contribution in [3.8, 4) is 0 Å². The van der Waals surface area contributed by atoms with E-state index in [2.05, 4.69) is 111 Å². The van der Waals surface area contributed by atoms with Crippen LogP contribution in [0.2, 0.25) is 0 Å². The van der Waals surface area contributed by atoms with Crippen molar-refractivity contribution >= 4 is 0 Å². The van der Waals surface area contributed by atoms with Crippen LogP contribution in [0.25, 0.3) is 0 Å². The average molecular weight is 343 g/mol. The molecule has 0 heterocycles. The molecule has 134 valence electrons. The van der Waals surface area contributed by atoms with Crippen molar-refractivity contribution in [1.82, 2.24) is 0 Å². The predicted molar refractivity (Wildman–Crippen MR) is 113 cm³/mol. The van der Waals surface area contributed by atoms with Crippen LogP contribution in [0.5, 0.6) is 0 Å². The highest BCUT2D eigenvalue weighted by Crippen LogP contribution is 2.52. The molecule has 0 aromatic carbocycles. The quantitative estimate of drug-likeness (QED) is 0.480. The molecule has 0 radical (unpaired) electrons. The van der Waals surface area contributed by atoms with E-state index in [-0.39, 0.29) is 10.8 Å². The lowest BCUT2D eigenvalue weighted by Gasteiger charge is -2.44. The molecule has 0 heteroatoms. The highest BCUT2D eigenvalue weighted by atomic mass is 14.5. The second-order valence-electron chi connectivity index (χ2n) is 8.69. The van der Waals surface area contributed by atoms with Gasteiger partial charge in [-0.05, 0) is 23.7 Å². The van der Waals surface area contributed by atoms with Gasteiger partial charge in [-0.15, -0.1) is 0 Å². The summed E-state index contributed by atoms with van der Waals surface area (Å²) < 4.78 is 0. The van der Waals surface area contributed by atoms with Crippen LogP contribution in [0.4, 0.5) is 0 Å². The summed E-state index contributed by atoms with van der Waals surface area (Å²) in [5, 5.41) is 0. The van der Waals surface area contributed by atoms with Crippen LogP contribution in [0.15, 0.2) is 97.2 Å². The first-order valence-electron chi connectivity index (χ1n) is 10.0. The molecule has 0 aromatic heterocycles. The number of allylic oxidation sites excluding steroid dienone is 16. The zero-order valence-corrected chi connectivity index (χ0v) is 16.0. The molecule has 0 spiro atoms. The summed E-state index contributed by atoms with van der Waals surface area (Å²) in [6, 6.07) is 0. The molecule has 0 saturated heterocycles. The molecule has 4 aliphatic carbocycles. The van der Waals surface area contributed by atoms with Crippen molar-refractivity contribution in [3.63, 3.8) is 0 Å². The normalized spacial score (nSPS) is 23.0. The fourth-order valence-electron chi connectivity index (χ4n) is 5.14. The average Bonchev–Trinajstić information content (AvgIpc) is 3.47. The monoisotopic (exact) mass is 342 g/mol. The molecular formula is C26H30. The van der Waals surface area contributed by atoms with E-state index >= 15 is 0 Å². The van der Waals surface area contributed by atoms with Crippen molar-refractivity contribution in [2.45, 2.75) is 26.7 Å². The molecule has 0 atom stereocenters. The lowest BCUT2D eigenvalue weighted by atomic mass is 9.59. The van der Waals surface area contributed by atoms with Crippen molar-refractivity contribution < 1.29 is 0 Å². The molecule has 4 rings (SSSR count). The maximum atomic E-state index is 2.49. The molecular weight excluding hydrogens is 312 g/mol. The first-order chi connectivity index (χ1) is 12.6. The summed E-state index contributed by atoms with van der Waals surface area (Å²) >= 11 is 0. The standard InChI is InChI=1S/C26H30/c1-25(21-11-3-4-12-21,22-13-5-6-14-22)19-20-26(2,23-15-7-8-16-23)24-17-9-10-18-24/h3-18,21-24H,19-20H2,1-2H3. The van der Waals surface area contributed by atoms with E-state index in [1.54, 1.807) is 0 Å². The van der Waals surface area contributed by atoms with Crippen LogP contribution in [-0.2, 0) is 0 Å². The minimum Gasteiger partial charge on any atom is -0.0770 e. The zero-order chi connectivity index (χ0) is 18.0. The third-order valence-corrected chi connectivity index (χ3v) is 7.24. The van der Waals surface area contributed by atoms with Crippen LogP contribution in [0, 0.1) is 34.5 Å². The Morgan fingerprint density at radius 3 is 0.808 bits per heavy atom. The van der Waals surface area contributed by atoms with Gasteiger partial charge in [0.15, 0.2) is 0 Å². The molecule has 4 aliphatic rings. The van der Waals surface area contributed by atoms with E-state index in [0.29, 0.717) is 23.7 Å². The maximum Gasteiger partial charge on any atom is 0.00153 e. The van der Waals surface area contributed by atoms with Gasteiger partial charge in [0, 0.05) is 23.7 Å². The number of hydrogen-bond acceptors (Lipinski definition) is 0. The Morgan fingerprint density at radius 1 is 0.423 bits per heavy atom. The highest BCUT2D eigenvalue weighted by molar-refractivity contribution is 5.30. The molecule has 0 aromatic rings. The first-order valence-corrected chi connectivity index (χ1v) is 10.0. The minimum absolute atomic E-state index is 0.228. The molecule has 0 saturated carbocycles. The molecule has 0 bridgehead atoms. The maximum absolute atomic E-state index is 2.49. The summed E-state index contributed by atoms with van der Waals surface area (Å²) in [7, 11) is 0. The van der Waals surface area contributed by atoms with E-state index in [9.17, 15) is 0 Å². The number of rotatable bonds is 7. The lowest BCUT2D eigenvalue weighted by Crippen LogP contribution is -2.37. The van der Waals surface area contributed by atoms with Gasteiger partial charge >= 0.3 is 0 Å². The largest absolute Gasteiger partial charge is 0.0770 e. The zero-order valence-electron chi connectivity index (χ0n) is 16.0. The Morgan fingerprint density at radius 2 is 0.615 bits per heavy atom. The van der Waals surface area contributed by atoms with Gasteiger partial charge in [0.05, 0.1) is 0 Å². The predicted octanol–water partition coefficient (Wildman–Crippen LogP) is 6.75. The smallest absolute Gasteiger partial charge is 0.00153 e. The van der Waals surface area contributed by atoms with Crippen LogP contribution in [0.3, 0.4) is 0 Å². The van der Waals surface area contributed by atoms with E-state index in [4.69, 9.17) is 0 Å². The summed E-state index contributed by atoms with van der Waals surface area (Å²) in [5.74, 6) is 2.09. The third kappa shape index (κ3) is 2.96. The fraction of sp³-hybridized carbons (Fsp3) is 0.385. The van der Waals surface area contributed by atoms with Gasteiger partial charge in [-0.3, -0.25) is 0 Å². The van der Waals surface area contributed by atoms with E-state index in [0.717, 1.165) is 0 Å². The van der Waals surface area contributed by atoms with Gasteiger partial charge in [0.1, 0.15) is 0 Å². The van der Waals surface area contributed by atoms with Gasteiger partial charge in [-0.1, -0.05) is 111 Å². The summed E-state index contributed by atoms with van der Waals surface area (Å²) in [6.45, 7) is 4.98. The molecule has 0 unspecified atom stereocenters. The fourth-order valence-corrected chi connectivity index (χ4v) is 5.14. The van der Waals surface area contributed by atoms with Crippen molar-refractivity contribution in [1.29, 1.82) is 0 Å². The van der Waals surface area contributed by atoms with Crippen LogP contribution < -0.4 is 0 Å². The molecule has 0 aliphatic heterocycles. The molecule has 0 nitrogen and oxygen atoms in total. The molecule has 0 N–H and O–H groups in total. The summed E-state index contributed by atoms with van der Waals surface area (Å²) in [4.78, 5) is 0. The molecule has 26 heavy (non-hydrogen) atoms. The second kappa shape index (κ2) is 6.91. The van der Waals surface area contributed by atoms with Crippen molar-refractivity contribution in [2.24, 2.45) is 34.5 Å². The minimum atomic E-state index is 0.228. The van der Waals surface area contributed by atoms with Crippen LogP contribution in [0.1, 0.15) is 26.7 Å². The van der Waals surface area contributed by atoms with E-state index in [1.807, 2.05) is 0 Å². The summed E-state index contributed by atoms with van der Waals surface area (Å²) in [5.41, 5.74) is 0.457. The van der Waals surface area contributed by atoms with Gasteiger partial charge in [-0.25, -0.2) is 0 Å². The first kappa shape index (κ1) is 17.3. The lowest BCUT2D eigenvalue weighted by molar-refractivity contribution is 0.120. The SMILES string of the molecule is CC(CCC(C)(C1C=CC=C1)C1C=CC=C1)(C1C=CC=C1)C1C=CC=C1. The van der Waals surface area contributed by atoms with Gasteiger partial charge < -0.3 is 0 Å². The van der Waals surface area contributed by atoms with E-state index in [1.165, 1.54) is 12.8 Å². The van der Waals surface area contributed by atoms with Crippen LogP contribution in [-0.4, -0.2) is 0 Å². The Bertz CT molecular complexity index is 592. The molecule has 0 amide bonds. The van der Waals surface area contributed by atoms with Gasteiger partial charge in [0.25, 0.3) is 0 Å². The van der Waals surface area contributed by atoms with Gasteiger partial charge in [-0.2, -0.15) is 0 Å². The Hall–Kier alpha value is -2.08. The van der Waals surface area contributed by atoms with Crippen molar-refractivity contribution in [3.05, 3.63) is 97.2 Å². The third-order valence-electron chi connectivity index (χ3n) is 7.24. The number of hydrogen-bond donors (Lipinski definition) is 0. The van der Waals surface area contributed by atoms with E-state index < -0.39 is 0 Å². The Kier molecular flexibility index (Phi) is 4.61.